The number of rotatable bonds is 5. The van der Waals surface area contributed by atoms with E-state index < -0.39 is 12.1 Å². The Bertz CT molecular complexity index is 556. The molecule has 1 amide bonds. The lowest BCUT2D eigenvalue weighted by Crippen LogP contribution is -2.46. The van der Waals surface area contributed by atoms with Crippen LogP contribution >= 0.6 is 0 Å². The Morgan fingerprint density at radius 2 is 2.09 bits per heavy atom. The summed E-state index contributed by atoms with van der Waals surface area (Å²) in [5, 5.41) is 8.76. The molecule has 1 aromatic carbocycles. The molecule has 1 aromatic rings. The quantitative estimate of drug-likeness (QED) is 0.902. The molecule has 22 heavy (non-hydrogen) atoms. The molecule has 0 bridgehead atoms. The summed E-state index contributed by atoms with van der Waals surface area (Å²) in [7, 11) is 0. The van der Waals surface area contributed by atoms with Crippen LogP contribution in [0.5, 0.6) is 0 Å². The molecular weight excluding hydrogens is 289 g/mol. The van der Waals surface area contributed by atoms with Gasteiger partial charge >= 0.3 is 5.97 Å². The molecule has 118 valence electrons. The first-order valence-electron chi connectivity index (χ1n) is 7.08. The van der Waals surface area contributed by atoms with Gasteiger partial charge in [-0.1, -0.05) is 24.3 Å². The van der Waals surface area contributed by atoms with Gasteiger partial charge in [-0.05, 0) is 17.7 Å². The second-order valence-corrected chi connectivity index (χ2v) is 5.09. The van der Waals surface area contributed by atoms with E-state index in [0.29, 0.717) is 19.7 Å². The summed E-state index contributed by atoms with van der Waals surface area (Å²) in [5.41, 5.74) is 0.819. The van der Waals surface area contributed by atoms with Gasteiger partial charge in [0.25, 0.3) is 0 Å². The molecule has 0 aliphatic carbocycles. The van der Waals surface area contributed by atoms with Crippen molar-refractivity contribution in [3.8, 4) is 0 Å². The van der Waals surface area contributed by atoms with E-state index in [1.54, 1.807) is 29.2 Å². The lowest BCUT2D eigenvalue weighted by Gasteiger charge is -2.32. The van der Waals surface area contributed by atoms with Crippen molar-refractivity contribution in [1.82, 2.24) is 4.90 Å². The van der Waals surface area contributed by atoms with Gasteiger partial charge in [-0.2, -0.15) is 0 Å². The van der Waals surface area contributed by atoms with Gasteiger partial charge in [0.15, 0.2) is 0 Å². The second-order valence-electron chi connectivity index (χ2n) is 5.09. The largest absolute Gasteiger partial charge is 0.481 e. The Kier molecular flexibility index (Phi) is 5.66. The predicted octanol–water partition coefficient (Wildman–Crippen LogP) is 1.93. The Morgan fingerprint density at radius 3 is 2.77 bits per heavy atom. The summed E-state index contributed by atoms with van der Waals surface area (Å²) in [5.74, 6) is -1.31. The van der Waals surface area contributed by atoms with Crippen LogP contribution in [0.15, 0.2) is 30.3 Å². The Balaban J connectivity index is 1.83. The third kappa shape index (κ3) is 4.96. The maximum Gasteiger partial charge on any atom is 0.306 e. The van der Waals surface area contributed by atoms with Crippen LogP contribution in [-0.2, 0) is 14.3 Å². The number of benzene rings is 1. The number of hydrogen-bond donors (Lipinski definition) is 1. The first-order valence-corrected chi connectivity index (χ1v) is 7.08. The Morgan fingerprint density at radius 1 is 1.36 bits per heavy atom. The molecule has 1 heterocycles. The molecule has 1 aliphatic heterocycles. The number of carboxylic acid groups (broad SMARTS) is 1. The smallest absolute Gasteiger partial charge is 0.306 e. The highest BCUT2D eigenvalue weighted by molar-refractivity contribution is 5.79. The highest BCUT2D eigenvalue weighted by Crippen LogP contribution is 2.11. The van der Waals surface area contributed by atoms with Gasteiger partial charge in [0, 0.05) is 19.5 Å². The van der Waals surface area contributed by atoms with Crippen LogP contribution in [0, 0.1) is 5.82 Å². The normalized spacial score (nSPS) is 18.6. The number of halogens is 1. The van der Waals surface area contributed by atoms with E-state index in [2.05, 4.69) is 0 Å². The summed E-state index contributed by atoms with van der Waals surface area (Å²) in [6.45, 7) is 1.13. The van der Waals surface area contributed by atoms with Crippen molar-refractivity contribution in [1.29, 1.82) is 0 Å². The number of aliphatic carboxylic acids is 1. The van der Waals surface area contributed by atoms with Crippen molar-refractivity contribution in [2.24, 2.45) is 0 Å². The van der Waals surface area contributed by atoms with Gasteiger partial charge in [0.05, 0.1) is 19.1 Å². The van der Waals surface area contributed by atoms with Gasteiger partial charge in [0.1, 0.15) is 5.82 Å². The molecule has 1 saturated heterocycles. The lowest BCUT2D eigenvalue weighted by atomic mass is 10.1. The van der Waals surface area contributed by atoms with E-state index in [9.17, 15) is 14.0 Å². The van der Waals surface area contributed by atoms with E-state index in [1.807, 2.05) is 0 Å². The number of nitrogens with zero attached hydrogens (tertiary/aromatic N) is 1. The molecule has 2 rings (SSSR count). The average Bonchev–Trinajstić information content (AvgIpc) is 2.49. The van der Waals surface area contributed by atoms with Gasteiger partial charge in [0.2, 0.25) is 5.91 Å². The third-order valence-electron chi connectivity index (χ3n) is 3.37. The number of carbonyl (C=O) groups excluding carboxylic acids is 1. The fourth-order valence-corrected chi connectivity index (χ4v) is 2.26. The number of carboxylic acids is 1. The van der Waals surface area contributed by atoms with Crippen molar-refractivity contribution in [3.05, 3.63) is 41.7 Å². The van der Waals surface area contributed by atoms with Crippen LogP contribution in [0.4, 0.5) is 4.39 Å². The summed E-state index contributed by atoms with van der Waals surface area (Å²) < 4.78 is 18.1. The molecule has 1 atom stereocenters. The standard InChI is InChI=1S/C16H18FNO4/c17-13-6-4-12(5-7-13)2-1-3-15(19)18-8-9-22-14(11-18)10-16(20)21/h1-2,4-7,14H,3,8-11H2,(H,20,21). The summed E-state index contributed by atoms with van der Waals surface area (Å²) in [4.78, 5) is 24.4. The molecule has 6 heteroatoms. The van der Waals surface area contributed by atoms with Crippen molar-refractivity contribution in [3.63, 3.8) is 0 Å². The molecule has 0 spiro atoms. The van der Waals surface area contributed by atoms with E-state index in [4.69, 9.17) is 9.84 Å². The van der Waals surface area contributed by atoms with E-state index in [0.717, 1.165) is 5.56 Å². The molecule has 1 aliphatic rings. The maximum absolute atomic E-state index is 12.8. The number of hydrogen-bond acceptors (Lipinski definition) is 3. The van der Waals surface area contributed by atoms with Crippen LogP contribution < -0.4 is 0 Å². The minimum Gasteiger partial charge on any atom is -0.481 e. The summed E-state index contributed by atoms with van der Waals surface area (Å²) in [6, 6.07) is 5.99. The van der Waals surface area contributed by atoms with Crippen molar-refractivity contribution < 1.29 is 23.8 Å². The first kappa shape index (κ1) is 16.2. The van der Waals surface area contributed by atoms with Crippen LogP contribution in [0.2, 0.25) is 0 Å². The monoisotopic (exact) mass is 307 g/mol. The van der Waals surface area contributed by atoms with Crippen LogP contribution in [0.3, 0.4) is 0 Å². The first-order chi connectivity index (χ1) is 10.5. The molecular formula is C16H18FNO4. The number of morpholine rings is 1. The number of ether oxygens (including phenoxy) is 1. The van der Waals surface area contributed by atoms with Gasteiger partial charge in [-0.3, -0.25) is 9.59 Å². The SMILES string of the molecule is O=C(O)CC1CN(C(=O)CC=Cc2ccc(F)cc2)CCO1. The van der Waals surface area contributed by atoms with Gasteiger partial charge < -0.3 is 14.7 Å². The molecule has 1 unspecified atom stereocenters. The fraction of sp³-hybridized carbons (Fsp3) is 0.375. The van der Waals surface area contributed by atoms with E-state index >= 15 is 0 Å². The second kappa shape index (κ2) is 7.70. The minimum absolute atomic E-state index is 0.0722. The van der Waals surface area contributed by atoms with Crippen LogP contribution in [-0.4, -0.2) is 47.7 Å². The third-order valence-corrected chi connectivity index (χ3v) is 3.37. The molecule has 1 fully saturated rings. The maximum atomic E-state index is 12.8. The van der Waals surface area contributed by atoms with Gasteiger partial charge in [-0.15, -0.1) is 0 Å². The van der Waals surface area contributed by atoms with E-state index in [-0.39, 0.29) is 24.6 Å². The molecule has 1 N–H and O–H groups in total. The highest BCUT2D eigenvalue weighted by atomic mass is 19.1. The summed E-state index contributed by atoms with van der Waals surface area (Å²) in [6.07, 6.45) is 3.15. The lowest BCUT2D eigenvalue weighted by molar-refractivity contribution is -0.147. The Hall–Kier alpha value is -2.21. The topological polar surface area (TPSA) is 66.8 Å². The predicted molar refractivity (Wildman–Crippen MR) is 78.6 cm³/mol. The molecule has 5 nitrogen and oxygen atoms in total. The van der Waals surface area contributed by atoms with Crippen LogP contribution in [0.25, 0.3) is 6.08 Å². The zero-order chi connectivity index (χ0) is 15.9. The zero-order valence-electron chi connectivity index (χ0n) is 12.1. The van der Waals surface area contributed by atoms with Crippen molar-refractivity contribution in [2.75, 3.05) is 19.7 Å². The molecule has 0 saturated carbocycles. The van der Waals surface area contributed by atoms with Crippen molar-refractivity contribution >= 4 is 18.0 Å². The molecule has 0 radical (unpaired) electrons. The Labute approximate surface area is 128 Å². The highest BCUT2D eigenvalue weighted by Gasteiger charge is 2.25. The van der Waals surface area contributed by atoms with E-state index in [1.165, 1.54) is 12.1 Å². The van der Waals surface area contributed by atoms with Gasteiger partial charge in [-0.25, -0.2) is 4.39 Å². The number of carbonyl (C=O) groups is 2. The minimum atomic E-state index is -0.935. The number of amides is 1. The van der Waals surface area contributed by atoms with Crippen molar-refractivity contribution in [2.45, 2.75) is 18.9 Å². The zero-order valence-corrected chi connectivity index (χ0v) is 12.1. The average molecular weight is 307 g/mol. The fourth-order valence-electron chi connectivity index (χ4n) is 2.26. The molecule has 0 aromatic heterocycles. The summed E-state index contributed by atoms with van der Waals surface area (Å²) >= 11 is 0. The van der Waals surface area contributed by atoms with Crippen LogP contribution in [0.1, 0.15) is 18.4 Å².